The molecular weight excluding hydrogens is 318 g/mol. The van der Waals surface area contributed by atoms with Crippen LogP contribution >= 0.6 is 24.0 Å². The Morgan fingerprint density at radius 3 is 2.59 bits per heavy atom. The summed E-state index contributed by atoms with van der Waals surface area (Å²) >= 11 is 6.44. The van der Waals surface area contributed by atoms with Gasteiger partial charge in [0.15, 0.2) is 0 Å². The van der Waals surface area contributed by atoms with Crippen LogP contribution in [-0.2, 0) is 9.59 Å². The number of allylic oxidation sites excluding steroid dienone is 1. The number of aliphatic carboxylic acids is 1. The van der Waals surface area contributed by atoms with Crippen molar-refractivity contribution in [3.05, 3.63) is 39.8 Å². The van der Waals surface area contributed by atoms with Crippen LogP contribution in [0.2, 0.25) is 0 Å². The number of thioether (sulfide) groups is 1. The number of carboxylic acid groups (broad SMARTS) is 1. The highest BCUT2D eigenvalue weighted by Gasteiger charge is 2.33. The average molecular weight is 335 g/mol. The normalized spacial score (nSPS) is 17.1. The zero-order valence-corrected chi connectivity index (χ0v) is 14.3. The van der Waals surface area contributed by atoms with Crippen LogP contribution in [0.15, 0.2) is 23.1 Å². The molecule has 1 saturated heterocycles. The van der Waals surface area contributed by atoms with E-state index in [9.17, 15) is 9.59 Å². The number of aryl methyl sites for hydroxylation is 2. The third-order valence-corrected chi connectivity index (χ3v) is 5.23. The lowest BCUT2D eigenvalue weighted by Gasteiger charge is -2.12. The van der Waals surface area contributed by atoms with E-state index in [-0.39, 0.29) is 18.9 Å². The molecule has 2 rings (SSSR count). The maximum Gasteiger partial charge on any atom is 0.305 e. The van der Waals surface area contributed by atoms with Crippen LogP contribution in [0.5, 0.6) is 0 Å². The molecule has 0 atom stereocenters. The largest absolute Gasteiger partial charge is 0.481 e. The first-order chi connectivity index (χ1) is 10.3. The summed E-state index contributed by atoms with van der Waals surface area (Å²) in [6.07, 6.45) is -0.109. The summed E-state index contributed by atoms with van der Waals surface area (Å²) in [5.41, 5.74) is 4.23. The molecule has 1 amide bonds. The summed E-state index contributed by atoms with van der Waals surface area (Å²) in [4.78, 5) is 25.1. The van der Waals surface area contributed by atoms with Crippen LogP contribution in [-0.4, -0.2) is 32.7 Å². The Hall–Kier alpha value is -1.66. The second kappa shape index (κ2) is 6.62. The zero-order valence-electron chi connectivity index (χ0n) is 12.7. The van der Waals surface area contributed by atoms with Gasteiger partial charge in [-0.3, -0.25) is 14.5 Å². The molecule has 0 aromatic heterocycles. The van der Waals surface area contributed by atoms with Gasteiger partial charge in [0.25, 0.3) is 5.91 Å². The first kappa shape index (κ1) is 16.7. The van der Waals surface area contributed by atoms with Gasteiger partial charge in [0, 0.05) is 6.54 Å². The average Bonchev–Trinajstić information content (AvgIpc) is 2.74. The molecule has 116 valence electrons. The maximum absolute atomic E-state index is 12.5. The van der Waals surface area contributed by atoms with Gasteiger partial charge in [-0.15, -0.1) is 0 Å². The Morgan fingerprint density at radius 2 is 2.00 bits per heavy atom. The Balaban J connectivity index is 2.31. The molecular formula is C16H17NO3S2. The van der Waals surface area contributed by atoms with E-state index in [1.165, 1.54) is 27.8 Å². The first-order valence-electron chi connectivity index (χ1n) is 6.85. The van der Waals surface area contributed by atoms with Gasteiger partial charge in [-0.1, -0.05) is 42.2 Å². The van der Waals surface area contributed by atoms with Gasteiger partial charge < -0.3 is 5.11 Å². The number of nitrogens with zero attached hydrogens (tertiary/aromatic N) is 1. The fraction of sp³-hybridized carbons (Fsp3) is 0.312. The molecule has 0 radical (unpaired) electrons. The number of hydrogen-bond acceptors (Lipinski definition) is 4. The van der Waals surface area contributed by atoms with Crippen molar-refractivity contribution in [2.24, 2.45) is 0 Å². The third-order valence-electron chi connectivity index (χ3n) is 3.68. The first-order valence-corrected chi connectivity index (χ1v) is 8.07. The topological polar surface area (TPSA) is 57.6 Å². The molecule has 0 aliphatic carbocycles. The van der Waals surface area contributed by atoms with Gasteiger partial charge >= 0.3 is 5.97 Å². The fourth-order valence-corrected chi connectivity index (χ4v) is 3.49. The molecule has 0 saturated carbocycles. The summed E-state index contributed by atoms with van der Waals surface area (Å²) in [5, 5.41) is 8.76. The minimum absolute atomic E-state index is 0.109. The van der Waals surface area contributed by atoms with E-state index in [2.05, 4.69) is 6.07 Å². The number of thiocarbonyl (C=S) groups is 1. The second-order valence-electron chi connectivity index (χ2n) is 5.22. The van der Waals surface area contributed by atoms with Crippen LogP contribution in [0.1, 0.15) is 30.0 Å². The monoisotopic (exact) mass is 335 g/mol. The van der Waals surface area contributed by atoms with E-state index >= 15 is 0 Å². The number of carbonyl (C=O) groups excluding carboxylic acids is 1. The SMILES string of the molecule is C/C(=C1\SC(=S)N(CCC(=O)O)C1=O)c1ccc(C)c(C)c1. The lowest BCUT2D eigenvalue weighted by molar-refractivity contribution is -0.137. The Labute approximate surface area is 139 Å². The van der Waals surface area contributed by atoms with E-state index in [0.29, 0.717) is 9.23 Å². The van der Waals surface area contributed by atoms with E-state index in [0.717, 1.165) is 11.1 Å². The van der Waals surface area contributed by atoms with Crippen molar-refractivity contribution in [2.75, 3.05) is 6.54 Å². The van der Waals surface area contributed by atoms with Gasteiger partial charge in [0.1, 0.15) is 4.32 Å². The highest BCUT2D eigenvalue weighted by Crippen LogP contribution is 2.36. The van der Waals surface area contributed by atoms with Crippen molar-refractivity contribution < 1.29 is 14.7 Å². The van der Waals surface area contributed by atoms with Gasteiger partial charge in [-0.05, 0) is 43.0 Å². The summed E-state index contributed by atoms with van der Waals surface area (Å²) in [6.45, 7) is 6.08. The van der Waals surface area contributed by atoms with Crippen LogP contribution in [0, 0.1) is 13.8 Å². The molecule has 1 aliphatic heterocycles. The molecule has 1 heterocycles. The van der Waals surface area contributed by atoms with E-state index < -0.39 is 5.97 Å². The molecule has 22 heavy (non-hydrogen) atoms. The molecule has 1 aliphatic rings. The van der Waals surface area contributed by atoms with Crippen LogP contribution < -0.4 is 0 Å². The minimum Gasteiger partial charge on any atom is -0.481 e. The molecule has 6 heteroatoms. The summed E-state index contributed by atoms with van der Waals surface area (Å²) in [5.74, 6) is -1.14. The Morgan fingerprint density at radius 1 is 1.32 bits per heavy atom. The van der Waals surface area contributed by atoms with Gasteiger partial charge in [0.2, 0.25) is 0 Å². The van der Waals surface area contributed by atoms with Crippen molar-refractivity contribution in [3.8, 4) is 0 Å². The summed E-state index contributed by atoms with van der Waals surface area (Å²) < 4.78 is 0.421. The number of amides is 1. The van der Waals surface area contributed by atoms with Crippen LogP contribution in [0.4, 0.5) is 0 Å². The van der Waals surface area contributed by atoms with Crippen molar-refractivity contribution in [2.45, 2.75) is 27.2 Å². The number of rotatable bonds is 4. The molecule has 0 bridgehead atoms. The Kier molecular flexibility index (Phi) is 5.03. The van der Waals surface area contributed by atoms with E-state index in [1.807, 2.05) is 32.9 Å². The highest BCUT2D eigenvalue weighted by atomic mass is 32.2. The molecule has 1 N–H and O–H groups in total. The van der Waals surface area contributed by atoms with Crippen molar-refractivity contribution >= 4 is 45.7 Å². The van der Waals surface area contributed by atoms with Crippen molar-refractivity contribution in [1.82, 2.24) is 4.90 Å². The minimum atomic E-state index is -0.941. The van der Waals surface area contributed by atoms with E-state index in [1.54, 1.807) is 0 Å². The quantitative estimate of drug-likeness (QED) is 0.675. The molecule has 1 fully saturated rings. The van der Waals surface area contributed by atoms with Crippen molar-refractivity contribution in [1.29, 1.82) is 0 Å². The number of benzene rings is 1. The number of carbonyl (C=O) groups is 2. The zero-order chi connectivity index (χ0) is 16.4. The standard InChI is InChI=1S/C16H17NO3S2/c1-9-4-5-12(8-10(9)2)11(3)14-15(20)17(16(21)22-14)7-6-13(18)19/h4-5,8H,6-7H2,1-3H3,(H,18,19)/b14-11+. The molecule has 0 unspecified atom stereocenters. The second-order valence-corrected chi connectivity index (χ2v) is 6.87. The van der Waals surface area contributed by atoms with Gasteiger partial charge in [0.05, 0.1) is 11.3 Å². The molecule has 1 aromatic rings. The smallest absolute Gasteiger partial charge is 0.305 e. The maximum atomic E-state index is 12.5. The lowest BCUT2D eigenvalue weighted by atomic mass is 10.0. The number of hydrogen-bond donors (Lipinski definition) is 1. The van der Waals surface area contributed by atoms with Crippen molar-refractivity contribution in [3.63, 3.8) is 0 Å². The third kappa shape index (κ3) is 3.39. The fourth-order valence-electron chi connectivity index (χ4n) is 2.13. The number of carboxylic acids is 1. The molecule has 0 spiro atoms. The predicted octanol–water partition coefficient (Wildman–Crippen LogP) is 3.37. The Bertz CT molecular complexity index is 695. The molecule has 4 nitrogen and oxygen atoms in total. The van der Waals surface area contributed by atoms with Crippen LogP contribution in [0.25, 0.3) is 5.57 Å². The summed E-state index contributed by atoms with van der Waals surface area (Å²) in [7, 11) is 0. The summed E-state index contributed by atoms with van der Waals surface area (Å²) in [6, 6.07) is 6.06. The van der Waals surface area contributed by atoms with Gasteiger partial charge in [-0.25, -0.2) is 0 Å². The predicted molar refractivity (Wildman–Crippen MR) is 92.7 cm³/mol. The van der Waals surface area contributed by atoms with Crippen LogP contribution in [0.3, 0.4) is 0 Å². The molecule has 1 aromatic carbocycles. The van der Waals surface area contributed by atoms with Gasteiger partial charge in [-0.2, -0.15) is 0 Å². The lowest BCUT2D eigenvalue weighted by Crippen LogP contribution is -2.30. The highest BCUT2D eigenvalue weighted by molar-refractivity contribution is 8.26. The van der Waals surface area contributed by atoms with E-state index in [4.69, 9.17) is 17.3 Å².